The molecule has 1 atom stereocenters. The first-order chi connectivity index (χ1) is 10.5. The minimum absolute atomic E-state index is 0.372. The van der Waals surface area contributed by atoms with Gasteiger partial charge in [-0.1, -0.05) is 0 Å². The summed E-state index contributed by atoms with van der Waals surface area (Å²) in [4.78, 5) is 28.8. The molecule has 0 spiro atoms. The summed E-state index contributed by atoms with van der Waals surface area (Å²) in [6, 6.07) is 1.07. The minimum atomic E-state index is -5.20. The lowest BCUT2D eigenvalue weighted by Crippen LogP contribution is -2.40. The van der Waals surface area contributed by atoms with Gasteiger partial charge < -0.3 is 4.74 Å². The molecule has 0 saturated carbocycles. The van der Waals surface area contributed by atoms with Crippen molar-refractivity contribution in [2.75, 3.05) is 0 Å². The summed E-state index contributed by atoms with van der Waals surface area (Å²) in [6.45, 7) is 0. The molecular weight excluding hydrogens is 331 g/mol. The van der Waals surface area contributed by atoms with E-state index < -0.39 is 55.4 Å². The quantitative estimate of drug-likeness (QED) is 0.610. The highest BCUT2D eigenvalue weighted by molar-refractivity contribution is 5.71. The lowest BCUT2D eigenvalue weighted by atomic mass is 10.0. The van der Waals surface area contributed by atoms with E-state index in [1.807, 2.05) is 0 Å². The van der Waals surface area contributed by atoms with E-state index >= 15 is 0 Å². The molecule has 0 radical (unpaired) electrons. The average molecular weight is 335 g/mol. The Labute approximate surface area is 123 Å². The predicted molar refractivity (Wildman–Crippen MR) is 65.2 cm³/mol. The normalized spacial score (nSPS) is 16.8. The van der Waals surface area contributed by atoms with Crippen LogP contribution in [-0.2, 0) is 0 Å². The van der Waals surface area contributed by atoms with E-state index in [9.17, 15) is 43.5 Å². The number of benzene rings is 1. The molecule has 0 aliphatic carbocycles. The van der Waals surface area contributed by atoms with Crippen molar-refractivity contribution < 1.29 is 32.7 Å². The Morgan fingerprint density at radius 1 is 1.00 bits per heavy atom. The highest BCUT2D eigenvalue weighted by Crippen LogP contribution is 2.43. The Hall–Kier alpha value is -3.25. The zero-order valence-corrected chi connectivity index (χ0v) is 10.6. The molecule has 2 rings (SSSR count). The van der Waals surface area contributed by atoms with Gasteiger partial charge in [-0.15, -0.1) is 0 Å². The summed E-state index contributed by atoms with van der Waals surface area (Å²) in [5.41, 5.74) is -3.90. The fourth-order valence-corrected chi connectivity index (χ4v) is 1.89. The average Bonchev–Trinajstić information content (AvgIpc) is 2.43. The molecule has 0 fully saturated rings. The van der Waals surface area contributed by atoms with Crippen molar-refractivity contribution in [3.05, 3.63) is 53.7 Å². The fraction of sp³-hybridized carbons (Fsp3) is 0.200. The maximum Gasteiger partial charge on any atom is 0.436 e. The molecule has 1 aromatic rings. The second-order valence-electron chi connectivity index (χ2n) is 4.26. The number of alkyl halides is 3. The van der Waals surface area contributed by atoms with Crippen molar-refractivity contribution in [1.82, 2.24) is 0 Å². The van der Waals surface area contributed by atoms with Gasteiger partial charge in [0, 0.05) is 17.7 Å². The van der Waals surface area contributed by atoms with Gasteiger partial charge in [-0.25, -0.2) is 0 Å². The van der Waals surface area contributed by atoms with Crippen LogP contribution in [0.3, 0.4) is 0 Å². The minimum Gasteiger partial charge on any atom is -0.462 e. The van der Waals surface area contributed by atoms with Gasteiger partial charge in [-0.05, 0) is 0 Å². The molecule has 0 aromatic heterocycles. The number of nitro benzene ring substituents is 2. The second-order valence-corrected chi connectivity index (χ2v) is 4.26. The number of nitro groups is 3. The van der Waals surface area contributed by atoms with Crippen LogP contribution in [0.1, 0.15) is 5.56 Å². The maximum absolute atomic E-state index is 12.8. The van der Waals surface area contributed by atoms with Gasteiger partial charge in [-0.2, -0.15) is 13.2 Å². The molecule has 0 bridgehead atoms. The van der Waals surface area contributed by atoms with Gasteiger partial charge in [0.2, 0.25) is 5.75 Å². The Morgan fingerprint density at radius 2 is 1.61 bits per heavy atom. The van der Waals surface area contributed by atoms with E-state index in [4.69, 9.17) is 0 Å². The van der Waals surface area contributed by atoms with Gasteiger partial charge in [0.25, 0.3) is 17.5 Å². The third-order valence-electron chi connectivity index (χ3n) is 2.81. The number of hydrogen-bond donors (Lipinski definition) is 0. The van der Waals surface area contributed by atoms with Gasteiger partial charge in [-0.3, -0.25) is 30.3 Å². The summed E-state index contributed by atoms with van der Waals surface area (Å²) in [7, 11) is 0. The van der Waals surface area contributed by atoms with Crippen molar-refractivity contribution in [1.29, 1.82) is 0 Å². The van der Waals surface area contributed by atoms with Gasteiger partial charge in [0.1, 0.15) is 0 Å². The van der Waals surface area contributed by atoms with E-state index in [0.717, 1.165) is 0 Å². The molecule has 0 saturated heterocycles. The number of halogens is 3. The largest absolute Gasteiger partial charge is 0.462 e. The first kappa shape index (κ1) is 16.1. The van der Waals surface area contributed by atoms with E-state index in [-0.39, 0.29) is 0 Å². The first-order valence-corrected chi connectivity index (χ1v) is 5.58. The zero-order chi connectivity index (χ0) is 17.5. The molecule has 0 amide bonds. The zero-order valence-electron chi connectivity index (χ0n) is 10.6. The molecule has 1 unspecified atom stereocenters. The molecule has 10 nitrogen and oxygen atoms in total. The van der Waals surface area contributed by atoms with Crippen LogP contribution in [0.15, 0.2) is 17.8 Å². The highest BCUT2D eigenvalue weighted by Gasteiger charge is 2.53. The standard InChI is InChI=1S/C10H4F3N3O7/c11-10(12,13)9-7(16(21)22)2-4-1-5(14(17)18)3-6(15(19)20)8(4)23-9/h1-3,9H. The number of nitrogens with zero attached hydrogens (tertiary/aromatic N) is 3. The number of non-ortho nitro benzene ring substituents is 1. The number of ether oxygens (including phenoxy) is 1. The second kappa shape index (κ2) is 5.19. The SMILES string of the molecule is O=[N+]([O-])C1=Cc2cc([N+](=O)[O-])cc([N+](=O)[O-])c2OC1C(F)(F)F. The molecule has 23 heavy (non-hydrogen) atoms. The first-order valence-electron chi connectivity index (χ1n) is 5.58. The Morgan fingerprint density at radius 3 is 2.04 bits per heavy atom. The van der Waals surface area contributed by atoms with Crippen LogP contribution in [0.25, 0.3) is 6.08 Å². The van der Waals surface area contributed by atoms with E-state index in [0.29, 0.717) is 18.2 Å². The highest BCUT2D eigenvalue weighted by atomic mass is 19.4. The molecule has 13 heteroatoms. The van der Waals surface area contributed by atoms with Crippen LogP contribution >= 0.6 is 0 Å². The predicted octanol–water partition coefficient (Wildman–Crippen LogP) is 2.44. The Kier molecular flexibility index (Phi) is 3.64. The van der Waals surface area contributed by atoms with Crippen molar-refractivity contribution in [2.45, 2.75) is 12.3 Å². The van der Waals surface area contributed by atoms with Gasteiger partial charge in [0.15, 0.2) is 0 Å². The number of hydrogen-bond acceptors (Lipinski definition) is 7. The Bertz CT molecular complexity index is 759. The summed E-state index contributed by atoms with van der Waals surface area (Å²) < 4.78 is 42.9. The topological polar surface area (TPSA) is 139 Å². The van der Waals surface area contributed by atoms with Crippen molar-refractivity contribution >= 4 is 17.5 Å². The molecule has 1 heterocycles. The number of fused-ring (bicyclic) bond motifs is 1. The van der Waals surface area contributed by atoms with E-state index in [1.165, 1.54) is 0 Å². The lowest BCUT2D eigenvalue weighted by molar-refractivity contribution is -0.443. The van der Waals surface area contributed by atoms with Crippen LogP contribution in [-0.4, -0.2) is 27.1 Å². The summed E-state index contributed by atoms with van der Waals surface area (Å²) in [5, 5.41) is 32.3. The van der Waals surface area contributed by atoms with Crippen LogP contribution < -0.4 is 4.74 Å². The van der Waals surface area contributed by atoms with E-state index in [1.54, 1.807) is 0 Å². The van der Waals surface area contributed by atoms with Crippen LogP contribution in [0.5, 0.6) is 5.75 Å². The molecule has 1 aromatic carbocycles. The monoisotopic (exact) mass is 335 g/mol. The lowest BCUT2D eigenvalue weighted by Gasteiger charge is -2.23. The summed E-state index contributed by atoms with van der Waals surface area (Å²) >= 11 is 0. The van der Waals surface area contributed by atoms with Crippen molar-refractivity contribution in [3.8, 4) is 5.75 Å². The summed E-state index contributed by atoms with van der Waals surface area (Å²) in [5.74, 6) is -0.923. The van der Waals surface area contributed by atoms with Crippen molar-refractivity contribution in [2.24, 2.45) is 0 Å². The van der Waals surface area contributed by atoms with Crippen LogP contribution in [0.4, 0.5) is 24.5 Å². The molecule has 0 N–H and O–H groups in total. The van der Waals surface area contributed by atoms with Crippen LogP contribution in [0.2, 0.25) is 0 Å². The molecule has 1 aliphatic heterocycles. The molecular formula is C10H4F3N3O7. The summed E-state index contributed by atoms with van der Waals surface area (Å²) in [6.07, 6.45) is -7.85. The van der Waals surface area contributed by atoms with Crippen molar-refractivity contribution in [3.63, 3.8) is 0 Å². The smallest absolute Gasteiger partial charge is 0.436 e. The Balaban J connectivity index is 2.74. The number of rotatable bonds is 3. The third kappa shape index (κ3) is 2.88. The fourth-order valence-electron chi connectivity index (χ4n) is 1.89. The molecule has 122 valence electrons. The molecule has 1 aliphatic rings. The van der Waals surface area contributed by atoms with Gasteiger partial charge in [0.05, 0.1) is 20.8 Å². The third-order valence-corrected chi connectivity index (χ3v) is 2.81. The van der Waals surface area contributed by atoms with E-state index in [2.05, 4.69) is 4.74 Å². The van der Waals surface area contributed by atoms with Crippen LogP contribution in [0, 0.1) is 30.3 Å². The maximum atomic E-state index is 12.8. The van der Waals surface area contributed by atoms with Gasteiger partial charge >= 0.3 is 11.9 Å².